The lowest BCUT2D eigenvalue weighted by Gasteiger charge is -2.02. The Morgan fingerprint density at radius 3 is 2.29 bits per heavy atom. The van der Waals surface area contributed by atoms with E-state index < -0.39 is 0 Å². The molecule has 0 aliphatic carbocycles. The molecule has 0 aromatic heterocycles. The molecule has 0 atom stereocenters. The van der Waals surface area contributed by atoms with Gasteiger partial charge in [-0.1, -0.05) is 38.8 Å². The quantitative estimate of drug-likeness (QED) is 0.489. The summed E-state index contributed by atoms with van der Waals surface area (Å²) in [4.78, 5) is 1.42. The fraction of sp³-hybridized carbons (Fsp3) is 0.538. The van der Waals surface area contributed by atoms with Crippen LogP contribution in [0.15, 0.2) is 29.2 Å². The molecular weight excluding hydrogens is 188 g/mol. The maximum atomic E-state index is 2.25. The van der Waals surface area contributed by atoms with Gasteiger partial charge in [0.05, 0.1) is 0 Å². The molecule has 0 saturated heterocycles. The van der Waals surface area contributed by atoms with Gasteiger partial charge in [0.15, 0.2) is 0 Å². The summed E-state index contributed by atoms with van der Waals surface area (Å²) in [5, 5.41) is 0. The summed E-state index contributed by atoms with van der Waals surface area (Å²) in [5.41, 5.74) is 1.43. The first-order chi connectivity index (χ1) is 6.86. The third-order valence-electron chi connectivity index (χ3n) is 2.35. The summed E-state index contributed by atoms with van der Waals surface area (Å²) in [6.45, 7) is 4.45. The molecule has 78 valence electrons. The highest BCUT2D eigenvalue weighted by molar-refractivity contribution is 7.99. The fourth-order valence-corrected chi connectivity index (χ4v) is 2.28. The highest BCUT2D eigenvalue weighted by Crippen LogP contribution is 2.20. The van der Waals surface area contributed by atoms with Gasteiger partial charge in [0.2, 0.25) is 0 Å². The van der Waals surface area contributed by atoms with Crippen LogP contribution in [0.1, 0.15) is 38.7 Å². The molecule has 1 aromatic carbocycles. The van der Waals surface area contributed by atoms with Gasteiger partial charge in [0, 0.05) is 4.90 Å². The Morgan fingerprint density at radius 1 is 1.00 bits per heavy atom. The van der Waals surface area contributed by atoms with Gasteiger partial charge in [-0.05, 0) is 36.3 Å². The minimum atomic E-state index is 1.14. The molecule has 0 nitrogen and oxygen atoms in total. The van der Waals surface area contributed by atoms with Crippen molar-refractivity contribution < 1.29 is 0 Å². The average Bonchev–Trinajstić information content (AvgIpc) is 2.25. The Bertz CT molecular complexity index is 238. The molecule has 1 rings (SSSR count). The van der Waals surface area contributed by atoms with E-state index in [0.717, 1.165) is 6.42 Å². The normalized spacial score (nSPS) is 10.4. The van der Waals surface area contributed by atoms with Crippen LogP contribution < -0.4 is 0 Å². The van der Waals surface area contributed by atoms with Crippen molar-refractivity contribution in [3.8, 4) is 0 Å². The summed E-state index contributed by atoms with van der Waals surface area (Å²) < 4.78 is 0. The number of hydrogen-bond acceptors (Lipinski definition) is 1. The molecule has 1 heteroatoms. The predicted octanol–water partition coefficient (Wildman–Crippen LogP) is 4.53. The van der Waals surface area contributed by atoms with Crippen molar-refractivity contribution in [3.63, 3.8) is 0 Å². The van der Waals surface area contributed by atoms with Gasteiger partial charge in [-0.15, -0.1) is 11.8 Å². The first-order valence-electron chi connectivity index (χ1n) is 5.58. The molecule has 0 N–H and O–H groups in total. The van der Waals surface area contributed by atoms with Crippen molar-refractivity contribution >= 4 is 11.8 Å². The van der Waals surface area contributed by atoms with Crippen molar-refractivity contribution in [1.29, 1.82) is 0 Å². The first-order valence-corrected chi connectivity index (χ1v) is 6.57. The summed E-state index contributed by atoms with van der Waals surface area (Å²) in [6, 6.07) is 8.97. The van der Waals surface area contributed by atoms with E-state index in [1.54, 1.807) is 0 Å². The van der Waals surface area contributed by atoms with Crippen molar-refractivity contribution in [1.82, 2.24) is 0 Å². The Kier molecular flexibility index (Phi) is 5.77. The second kappa shape index (κ2) is 6.94. The SMILES string of the molecule is CCCCCSc1ccc(CC)cc1. The Morgan fingerprint density at radius 2 is 1.71 bits per heavy atom. The molecule has 0 bridgehead atoms. The van der Waals surface area contributed by atoms with Gasteiger partial charge in [0.25, 0.3) is 0 Å². The largest absolute Gasteiger partial charge is 0.126 e. The first kappa shape index (κ1) is 11.6. The lowest BCUT2D eigenvalue weighted by Crippen LogP contribution is -1.82. The van der Waals surface area contributed by atoms with E-state index in [1.807, 2.05) is 11.8 Å². The van der Waals surface area contributed by atoms with Crippen molar-refractivity contribution in [3.05, 3.63) is 29.8 Å². The van der Waals surface area contributed by atoms with E-state index in [-0.39, 0.29) is 0 Å². The molecule has 0 saturated carbocycles. The van der Waals surface area contributed by atoms with E-state index in [1.165, 1.54) is 35.5 Å². The third-order valence-corrected chi connectivity index (χ3v) is 3.45. The van der Waals surface area contributed by atoms with E-state index in [4.69, 9.17) is 0 Å². The number of thioether (sulfide) groups is 1. The zero-order valence-electron chi connectivity index (χ0n) is 9.25. The van der Waals surface area contributed by atoms with Gasteiger partial charge in [-0.3, -0.25) is 0 Å². The van der Waals surface area contributed by atoms with Gasteiger partial charge in [-0.25, -0.2) is 0 Å². The van der Waals surface area contributed by atoms with Gasteiger partial charge in [-0.2, -0.15) is 0 Å². The van der Waals surface area contributed by atoms with Gasteiger partial charge >= 0.3 is 0 Å². The van der Waals surface area contributed by atoms with Crippen LogP contribution in [-0.2, 0) is 6.42 Å². The second-order valence-corrected chi connectivity index (χ2v) is 4.72. The van der Waals surface area contributed by atoms with Gasteiger partial charge in [0.1, 0.15) is 0 Å². The molecule has 14 heavy (non-hydrogen) atoms. The van der Waals surface area contributed by atoms with Crippen LogP contribution in [0.2, 0.25) is 0 Å². The monoisotopic (exact) mass is 208 g/mol. The van der Waals surface area contributed by atoms with Crippen LogP contribution in [0.25, 0.3) is 0 Å². The average molecular weight is 208 g/mol. The minimum absolute atomic E-state index is 1.14. The lowest BCUT2D eigenvalue weighted by molar-refractivity contribution is 0.778. The number of hydrogen-bond donors (Lipinski definition) is 0. The molecule has 0 aliphatic heterocycles. The number of benzene rings is 1. The summed E-state index contributed by atoms with van der Waals surface area (Å²) in [6.07, 6.45) is 5.16. The molecule has 0 spiro atoms. The smallest absolute Gasteiger partial charge is 0.00721 e. The zero-order chi connectivity index (χ0) is 10.2. The second-order valence-electron chi connectivity index (χ2n) is 3.55. The van der Waals surface area contributed by atoms with Crippen molar-refractivity contribution in [2.75, 3.05) is 5.75 Å². The highest BCUT2D eigenvalue weighted by Gasteiger charge is 1.94. The highest BCUT2D eigenvalue weighted by atomic mass is 32.2. The molecule has 0 amide bonds. The van der Waals surface area contributed by atoms with Crippen molar-refractivity contribution in [2.24, 2.45) is 0 Å². The summed E-state index contributed by atoms with van der Waals surface area (Å²) in [7, 11) is 0. The molecule has 0 fully saturated rings. The Hall–Kier alpha value is -0.430. The molecule has 0 heterocycles. The Labute approximate surface area is 92.1 Å². The van der Waals surface area contributed by atoms with Crippen LogP contribution in [0.5, 0.6) is 0 Å². The van der Waals surface area contributed by atoms with Gasteiger partial charge < -0.3 is 0 Å². The zero-order valence-corrected chi connectivity index (χ0v) is 10.1. The lowest BCUT2D eigenvalue weighted by atomic mass is 10.2. The van der Waals surface area contributed by atoms with Crippen LogP contribution in [-0.4, -0.2) is 5.75 Å². The standard InChI is InChI=1S/C13H20S/c1-3-5-6-11-14-13-9-7-12(4-2)8-10-13/h7-10H,3-6,11H2,1-2H3. The van der Waals surface area contributed by atoms with Crippen LogP contribution in [0.3, 0.4) is 0 Å². The summed E-state index contributed by atoms with van der Waals surface area (Å²) >= 11 is 1.98. The molecule has 0 radical (unpaired) electrons. The third kappa shape index (κ3) is 4.19. The molecular formula is C13H20S. The van der Waals surface area contributed by atoms with E-state index in [2.05, 4.69) is 38.1 Å². The van der Waals surface area contributed by atoms with E-state index in [9.17, 15) is 0 Å². The summed E-state index contributed by atoms with van der Waals surface area (Å²) in [5.74, 6) is 1.26. The minimum Gasteiger partial charge on any atom is -0.126 e. The predicted molar refractivity (Wildman–Crippen MR) is 66.1 cm³/mol. The number of unbranched alkanes of at least 4 members (excludes halogenated alkanes) is 2. The maximum absolute atomic E-state index is 2.25. The van der Waals surface area contributed by atoms with Crippen LogP contribution in [0.4, 0.5) is 0 Å². The molecule has 1 aromatic rings. The molecule has 0 unspecified atom stereocenters. The van der Waals surface area contributed by atoms with Crippen molar-refractivity contribution in [2.45, 2.75) is 44.4 Å². The number of rotatable bonds is 6. The van der Waals surface area contributed by atoms with Crippen LogP contribution >= 0.6 is 11.8 Å². The van der Waals surface area contributed by atoms with E-state index in [0.29, 0.717) is 0 Å². The van der Waals surface area contributed by atoms with Crippen LogP contribution in [0, 0.1) is 0 Å². The topological polar surface area (TPSA) is 0 Å². The molecule has 0 aliphatic rings. The Balaban J connectivity index is 2.29. The number of aryl methyl sites for hydroxylation is 1. The fourth-order valence-electron chi connectivity index (χ4n) is 1.36. The van der Waals surface area contributed by atoms with E-state index >= 15 is 0 Å². The maximum Gasteiger partial charge on any atom is 0.00721 e.